The molecule has 1 aliphatic heterocycles. The summed E-state index contributed by atoms with van der Waals surface area (Å²) in [6, 6.07) is 0. The number of hydrogen-bond donors (Lipinski definition) is 1. The first-order valence-electron chi connectivity index (χ1n) is 5.25. The van der Waals surface area contributed by atoms with Crippen LogP contribution in [0.25, 0.3) is 0 Å². The minimum atomic E-state index is 0.914. The van der Waals surface area contributed by atoms with E-state index in [2.05, 4.69) is 5.10 Å². The van der Waals surface area contributed by atoms with Crippen LogP contribution < -0.4 is 4.90 Å². The summed E-state index contributed by atoms with van der Waals surface area (Å²) in [6.07, 6.45) is 6.14. The van der Waals surface area contributed by atoms with Crippen LogP contribution in [0.15, 0.2) is 4.34 Å². The minimum Gasteiger partial charge on any atom is -0.316 e. The summed E-state index contributed by atoms with van der Waals surface area (Å²) >= 11 is 8.60. The summed E-state index contributed by atoms with van der Waals surface area (Å²) in [5, 5.41) is 4.50. The third-order valence-electron chi connectivity index (χ3n) is 2.70. The molecule has 0 bridgehead atoms. The summed E-state index contributed by atoms with van der Waals surface area (Å²) in [5.41, 5.74) is 0. The maximum Gasteiger partial charge on any atom is 0.185 e. The van der Waals surface area contributed by atoms with Gasteiger partial charge in [0.25, 0.3) is 0 Å². The molecule has 0 aromatic carbocycles. The fraction of sp³-hybridized carbons (Fsp3) is 0.778. The molecule has 0 saturated carbocycles. The van der Waals surface area contributed by atoms with Crippen molar-refractivity contribution in [3.05, 3.63) is 3.95 Å². The van der Waals surface area contributed by atoms with Crippen molar-refractivity contribution in [2.24, 2.45) is 0 Å². The average molecular weight is 262 g/mol. The second kappa shape index (κ2) is 5.43. The number of thioether (sulfide) groups is 1. The molecule has 1 aromatic rings. The van der Waals surface area contributed by atoms with Gasteiger partial charge >= 0.3 is 0 Å². The van der Waals surface area contributed by atoms with Crippen molar-refractivity contribution < 1.29 is 4.90 Å². The number of hydrogen-bond acceptors (Lipinski definition) is 4. The van der Waals surface area contributed by atoms with Crippen LogP contribution in [0.2, 0.25) is 0 Å². The Morgan fingerprint density at radius 3 is 2.80 bits per heavy atom. The van der Waals surface area contributed by atoms with Crippen LogP contribution in [0, 0.1) is 3.95 Å². The van der Waals surface area contributed by atoms with Gasteiger partial charge in [0.1, 0.15) is 0 Å². The Bertz CT molecular complexity index is 365. The van der Waals surface area contributed by atoms with Gasteiger partial charge in [-0.15, -0.1) is 5.10 Å². The summed E-state index contributed by atoms with van der Waals surface area (Å²) in [7, 11) is 0. The van der Waals surface area contributed by atoms with Crippen molar-refractivity contribution in [2.45, 2.75) is 30.3 Å². The summed E-state index contributed by atoms with van der Waals surface area (Å²) < 4.78 is 3.99. The third-order valence-corrected chi connectivity index (χ3v) is 4.98. The lowest BCUT2D eigenvalue weighted by molar-refractivity contribution is -0.928. The first kappa shape index (κ1) is 11.6. The number of piperidine rings is 1. The lowest BCUT2D eigenvalue weighted by Gasteiger charge is -2.22. The zero-order valence-corrected chi connectivity index (χ0v) is 11.3. The van der Waals surface area contributed by atoms with Gasteiger partial charge < -0.3 is 4.90 Å². The normalized spacial score (nSPS) is 18.2. The number of likely N-dealkylation sites (tertiary alicyclic amines) is 1. The molecule has 0 unspecified atom stereocenters. The zero-order valence-electron chi connectivity index (χ0n) is 8.86. The quantitative estimate of drug-likeness (QED) is 0.658. The highest BCUT2D eigenvalue weighted by atomic mass is 32.2. The Hall–Kier alpha value is 0.0900. The van der Waals surface area contributed by atoms with E-state index in [-0.39, 0.29) is 0 Å². The van der Waals surface area contributed by atoms with Crippen molar-refractivity contribution >= 4 is 35.3 Å². The van der Waals surface area contributed by atoms with Gasteiger partial charge in [-0.05, 0) is 37.7 Å². The van der Waals surface area contributed by atoms with Crippen molar-refractivity contribution in [2.75, 3.05) is 19.3 Å². The average Bonchev–Trinajstić information content (AvgIpc) is 2.61. The molecule has 0 spiro atoms. The van der Waals surface area contributed by atoms with E-state index in [9.17, 15) is 0 Å². The summed E-state index contributed by atoms with van der Waals surface area (Å²) in [4.78, 5) is 1.62. The van der Waals surface area contributed by atoms with E-state index in [0.717, 1.165) is 15.0 Å². The molecule has 2 rings (SSSR count). The smallest absolute Gasteiger partial charge is 0.185 e. The molecule has 15 heavy (non-hydrogen) atoms. The van der Waals surface area contributed by atoms with Crippen LogP contribution in [0.4, 0.5) is 0 Å². The maximum absolute atomic E-state index is 5.30. The molecule has 1 aliphatic rings. The zero-order chi connectivity index (χ0) is 10.7. The van der Waals surface area contributed by atoms with Gasteiger partial charge in [0.2, 0.25) is 0 Å². The van der Waals surface area contributed by atoms with Gasteiger partial charge in [-0.2, -0.15) is 4.68 Å². The second-order valence-electron chi connectivity index (χ2n) is 3.81. The Morgan fingerprint density at radius 2 is 2.20 bits per heavy atom. The van der Waals surface area contributed by atoms with E-state index in [1.807, 2.05) is 10.9 Å². The summed E-state index contributed by atoms with van der Waals surface area (Å²) in [6.45, 7) is 3.50. The van der Waals surface area contributed by atoms with E-state index in [1.54, 1.807) is 28.0 Å². The van der Waals surface area contributed by atoms with Gasteiger partial charge in [0.15, 0.2) is 15.0 Å². The van der Waals surface area contributed by atoms with Crippen molar-refractivity contribution in [3.8, 4) is 0 Å². The lowest BCUT2D eigenvalue weighted by atomic mass is 10.1. The van der Waals surface area contributed by atoms with Crippen LogP contribution in [0.3, 0.4) is 0 Å². The van der Waals surface area contributed by atoms with Gasteiger partial charge in [-0.3, -0.25) is 0 Å². The van der Waals surface area contributed by atoms with E-state index in [0.29, 0.717) is 0 Å². The van der Waals surface area contributed by atoms with Crippen molar-refractivity contribution in [1.29, 1.82) is 0 Å². The highest BCUT2D eigenvalue weighted by molar-refractivity contribution is 8.00. The Balaban J connectivity index is 2.02. The molecule has 0 aliphatic carbocycles. The largest absolute Gasteiger partial charge is 0.316 e. The first-order valence-corrected chi connectivity index (χ1v) is 7.70. The molecule has 1 N–H and O–H groups in total. The second-order valence-corrected chi connectivity index (χ2v) is 6.48. The Labute approximate surface area is 103 Å². The fourth-order valence-electron chi connectivity index (χ4n) is 1.89. The third kappa shape index (κ3) is 3.03. The highest BCUT2D eigenvalue weighted by Gasteiger charge is 2.15. The molecule has 2 heterocycles. The molecule has 0 amide bonds. The van der Waals surface area contributed by atoms with E-state index < -0.39 is 0 Å². The van der Waals surface area contributed by atoms with E-state index >= 15 is 0 Å². The van der Waals surface area contributed by atoms with Crippen LogP contribution in [-0.4, -0.2) is 29.1 Å². The van der Waals surface area contributed by atoms with Crippen molar-refractivity contribution in [3.63, 3.8) is 0 Å². The standard InChI is InChI=1S/C9H15N3S3/c1-14-8-10-12(9(13)15-8)7-11-5-3-2-4-6-11/h2-7H2,1H3/p+1. The Kier molecular flexibility index (Phi) is 4.19. The SMILES string of the molecule is CSc1nn(C[NH+]2CCCCC2)c(=S)s1. The molecule has 1 aromatic heterocycles. The number of rotatable bonds is 3. The molecular formula is C9H16N3S3+. The molecule has 0 atom stereocenters. The molecule has 3 nitrogen and oxygen atoms in total. The molecule has 1 fully saturated rings. The number of nitrogens with zero attached hydrogens (tertiary/aromatic N) is 2. The Morgan fingerprint density at radius 1 is 1.47 bits per heavy atom. The highest BCUT2D eigenvalue weighted by Crippen LogP contribution is 2.18. The van der Waals surface area contributed by atoms with Crippen LogP contribution >= 0.6 is 35.3 Å². The number of nitrogens with one attached hydrogen (secondary N) is 1. The lowest BCUT2D eigenvalue weighted by Crippen LogP contribution is -3.12. The van der Waals surface area contributed by atoms with Gasteiger partial charge in [0, 0.05) is 0 Å². The predicted octanol–water partition coefficient (Wildman–Crippen LogP) is 1.42. The van der Waals surface area contributed by atoms with Crippen molar-refractivity contribution in [1.82, 2.24) is 9.78 Å². The van der Waals surface area contributed by atoms with Gasteiger partial charge in [-0.1, -0.05) is 23.1 Å². The van der Waals surface area contributed by atoms with Crippen LogP contribution in [-0.2, 0) is 6.67 Å². The first-order chi connectivity index (χ1) is 7.29. The molecular weight excluding hydrogens is 246 g/mol. The fourth-order valence-corrected chi connectivity index (χ4v) is 3.64. The van der Waals surface area contributed by atoms with E-state index in [4.69, 9.17) is 12.2 Å². The predicted molar refractivity (Wildman–Crippen MR) is 67.3 cm³/mol. The molecule has 1 saturated heterocycles. The van der Waals surface area contributed by atoms with E-state index in [1.165, 1.54) is 32.4 Å². The molecule has 84 valence electrons. The van der Waals surface area contributed by atoms with Gasteiger partial charge in [-0.25, -0.2) is 0 Å². The monoisotopic (exact) mass is 262 g/mol. The minimum absolute atomic E-state index is 0.914. The maximum atomic E-state index is 5.30. The molecule has 0 radical (unpaired) electrons. The van der Waals surface area contributed by atoms with Gasteiger partial charge in [0.05, 0.1) is 13.1 Å². The number of quaternary nitrogens is 1. The van der Waals surface area contributed by atoms with Crippen LogP contribution in [0.1, 0.15) is 19.3 Å². The van der Waals surface area contributed by atoms with Crippen LogP contribution in [0.5, 0.6) is 0 Å². The number of aromatic nitrogens is 2. The topological polar surface area (TPSA) is 22.3 Å². The molecule has 6 heteroatoms. The summed E-state index contributed by atoms with van der Waals surface area (Å²) in [5.74, 6) is 0.